The average molecular weight is 324 g/mol. The molecule has 24 heavy (non-hydrogen) atoms. The Balaban J connectivity index is 1.72. The monoisotopic (exact) mass is 324 g/mol. The van der Waals surface area contributed by atoms with Crippen LogP contribution >= 0.6 is 0 Å². The van der Waals surface area contributed by atoms with Gasteiger partial charge in [0.15, 0.2) is 0 Å². The summed E-state index contributed by atoms with van der Waals surface area (Å²) in [6.45, 7) is 8.08. The highest BCUT2D eigenvalue weighted by Gasteiger charge is 2.19. The van der Waals surface area contributed by atoms with Crippen LogP contribution in [0, 0.1) is 19.8 Å². The summed E-state index contributed by atoms with van der Waals surface area (Å²) >= 11 is 0. The molecule has 4 rings (SSSR count). The maximum absolute atomic E-state index is 4.72. The van der Waals surface area contributed by atoms with Crippen LogP contribution in [0.5, 0.6) is 0 Å². The summed E-state index contributed by atoms with van der Waals surface area (Å²) in [6.07, 6.45) is 4.14. The molecule has 0 N–H and O–H groups in total. The highest BCUT2D eigenvalue weighted by Crippen LogP contribution is 2.23. The SMILES string of the molecule is Cc1nc2nnc(-c3ccnc(N4CCC(C)CC4)n3)c(C)n2n1. The molecule has 0 radical (unpaired) electrons. The van der Waals surface area contributed by atoms with Crippen molar-refractivity contribution in [2.24, 2.45) is 5.92 Å². The van der Waals surface area contributed by atoms with Gasteiger partial charge in [-0.2, -0.15) is 9.50 Å². The van der Waals surface area contributed by atoms with Gasteiger partial charge in [-0.25, -0.2) is 9.97 Å². The molecule has 4 heterocycles. The summed E-state index contributed by atoms with van der Waals surface area (Å²) in [6, 6.07) is 1.86. The van der Waals surface area contributed by atoms with Crippen LogP contribution in [0.15, 0.2) is 12.3 Å². The molecule has 0 unspecified atom stereocenters. The van der Waals surface area contributed by atoms with E-state index in [1.807, 2.05) is 19.9 Å². The summed E-state index contributed by atoms with van der Waals surface area (Å²) in [5.74, 6) is 2.72. The molecule has 0 spiro atoms. The van der Waals surface area contributed by atoms with Gasteiger partial charge in [-0.1, -0.05) is 6.92 Å². The van der Waals surface area contributed by atoms with E-state index in [1.165, 1.54) is 12.8 Å². The highest BCUT2D eigenvalue weighted by atomic mass is 15.4. The Labute approximate surface area is 140 Å². The van der Waals surface area contributed by atoms with Gasteiger partial charge in [0.2, 0.25) is 5.95 Å². The van der Waals surface area contributed by atoms with E-state index in [4.69, 9.17) is 4.98 Å². The molecule has 0 bridgehead atoms. The topological polar surface area (TPSA) is 85.0 Å². The van der Waals surface area contributed by atoms with Crippen LogP contribution in [0.3, 0.4) is 0 Å². The number of aryl methyl sites for hydroxylation is 2. The van der Waals surface area contributed by atoms with Crippen molar-refractivity contribution >= 4 is 11.7 Å². The van der Waals surface area contributed by atoms with Crippen LogP contribution < -0.4 is 4.90 Å². The fraction of sp³-hybridized carbons (Fsp3) is 0.500. The van der Waals surface area contributed by atoms with Gasteiger partial charge in [-0.05, 0) is 38.7 Å². The van der Waals surface area contributed by atoms with Crippen LogP contribution in [0.25, 0.3) is 17.2 Å². The minimum Gasteiger partial charge on any atom is -0.341 e. The second-order valence-corrected chi connectivity index (χ2v) is 6.42. The van der Waals surface area contributed by atoms with Gasteiger partial charge >= 0.3 is 0 Å². The van der Waals surface area contributed by atoms with Gasteiger partial charge in [0.1, 0.15) is 11.5 Å². The largest absolute Gasteiger partial charge is 0.341 e. The molecule has 124 valence electrons. The summed E-state index contributed by atoms with van der Waals surface area (Å²) in [4.78, 5) is 15.6. The first-order valence-corrected chi connectivity index (χ1v) is 8.27. The van der Waals surface area contributed by atoms with Crippen molar-refractivity contribution in [3.63, 3.8) is 0 Å². The zero-order chi connectivity index (χ0) is 16.7. The van der Waals surface area contributed by atoms with Crippen molar-refractivity contribution < 1.29 is 0 Å². The molecule has 1 fully saturated rings. The van der Waals surface area contributed by atoms with E-state index >= 15 is 0 Å². The van der Waals surface area contributed by atoms with Crippen molar-refractivity contribution in [1.82, 2.24) is 34.8 Å². The maximum atomic E-state index is 4.72. The molecule has 0 saturated carbocycles. The van der Waals surface area contributed by atoms with Gasteiger partial charge in [0.05, 0.1) is 11.4 Å². The third-order valence-corrected chi connectivity index (χ3v) is 4.55. The van der Waals surface area contributed by atoms with Crippen LogP contribution in [-0.2, 0) is 0 Å². The van der Waals surface area contributed by atoms with Gasteiger partial charge in [-0.15, -0.1) is 15.3 Å². The summed E-state index contributed by atoms with van der Waals surface area (Å²) in [5, 5.41) is 12.8. The van der Waals surface area contributed by atoms with Crippen LogP contribution in [-0.4, -0.2) is 47.9 Å². The molecule has 8 heteroatoms. The highest BCUT2D eigenvalue weighted by molar-refractivity contribution is 5.58. The molecular weight excluding hydrogens is 304 g/mol. The number of hydrogen-bond acceptors (Lipinski definition) is 7. The van der Waals surface area contributed by atoms with E-state index in [0.717, 1.165) is 36.3 Å². The van der Waals surface area contributed by atoms with E-state index in [0.29, 0.717) is 17.3 Å². The lowest BCUT2D eigenvalue weighted by Crippen LogP contribution is -2.34. The predicted octanol–water partition coefficient (Wildman–Crippen LogP) is 1.83. The van der Waals surface area contributed by atoms with Gasteiger partial charge in [0.25, 0.3) is 5.78 Å². The van der Waals surface area contributed by atoms with Gasteiger partial charge < -0.3 is 4.90 Å². The number of piperidine rings is 1. The molecule has 3 aromatic heterocycles. The summed E-state index contributed by atoms with van der Waals surface area (Å²) in [7, 11) is 0. The third kappa shape index (κ3) is 2.57. The van der Waals surface area contributed by atoms with Crippen molar-refractivity contribution in [3.05, 3.63) is 23.8 Å². The molecule has 0 atom stereocenters. The lowest BCUT2D eigenvalue weighted by molar-refractivity contribution is 0.434. The number of aromatic nitrogens is 7. The quantitative estimate of drug-likeness (QED) is 0.711. The number of fused-ring (bicyclic) bond motifs is 1. The van der Waals surface area contributed by atoms with Crippen molar-refractivity contribution in [2.75, 3.05) is 18.0 Å². The summed E-state index contributed by atoms with van der Waals surface area (Å²) < 4.78 is 1.71. The van der Waals surface area contributed by atoms with Gasteiger partial charge in [0, 0.05) is 19.3 Å². The molecule has 8 nitrogen and oxygen atoms in total. The number of hydrogen-bond donors (Lipinski definition) is 0. The number of nitrogens with zero attached hydrogens (tertiary/aromatic N) is 8. The predicted molar refractivity (Wildman–Crippen MR) is 89.7 cm³/mol. The smallest absolute Gasteiger partial charge is 0.272 e. The molecule has 1 saturated heterocycles. The molecule has 0 amide bonds. The van der Waals surface area contributed by atoms with Gasteiger partial charge in [-0.3, -0.25) is 0 Å². The Kier molecular flexibility index (Phi) is 3.59. The number of rotatable bonds is 2. The van der Waals surface area contributed by atoms with E-state index < -0.39 is 0 Å². The van der Waals surface area contributed by atoms with E-state index in [1.54, 1.807) is 10.7 Å². The zero-order valence-corrected chi connectivity index (χ0v) is 14.1. The van der Waals surface area contributed by atoms with Crippen LogP contribution in [0.2, 0.25) is 0 Å². The molecular formula is C16H20N8. The van der Waals surface area contributed by atoms with Crippen LogP contribution in [0.1, 0.15) is 31.3 Å². The van der Waals surface area contributed by atoms with Crippen LogP contribution in [0.4, 0.5) is 5.95 Å². The molecule has 3 aromatic rings. The average Bonchev–Trinajstić information content (AvgIpc) is 2.97. The Bertz CT molecular complexity index is 879. The third-order valence-electron chi connectivity index (χ3n) is 4.55. The summed E-state index contributed by atoms with van der Waals surface area (Å²) in [5.41, 5.74) is 2.35. The lowest BCUT2D eigenvalue weighted by atomic mass is 10.00. The maximum Gasteiger partial charge on any atom is 0.272 e. The van der Waals surface area contributed by atoms with E-state index in [9.17, 15) is 0 Å². The fourth-order valence-corrected chi connectivity index (χ4v) is 3.04. The number of anilines is 1. The van der Waals surface area contributed by atoms with Crippen molar-refractivity contribution in [3.8, 4) is 11.4 Å². The Morgan fingerprint density at radius 1 is 1.08 bits per heavy atom. The fourth-order valence-electron chi connectivity index (χ4n) is 3.04. The van der Waals surface area contributed by atoms with Crippen molar-refractivity contribution in [2.45, 2.75) is 33.6 Å². The molecule has 0 aromatic carbocycles. The second kappa shape index (κ2) is 5.77. The Morgan fingerprint density at radius 3 is 2.67 bits per heavy atom. The molecule has 0 aliphatic carbocycles. The van der Waals surface area contributed by atoms with E-state index in [-0.39, 0.29) is 0 Å². The second-order valence-electron chi connectivity index (χ2n) is 6.42. The lowest BCUT2D eigenvalue weighted by Gasteiger charge is -2.30. The first-order valence-electron chi connectivity index (χ1n) is 8.27. The Hall–Kier alpha value is -2.64. The van der Waals surface area contributed by atoms with Crippen molar-refractivity contribution in [1.29, 1.82) is 0 Å². The zero-order valence-electron chi connectivity index (χ0n) is 14.1. The normalized spacial score (nSPS) is 16.0. The van der Waals surface area contributed by atoms with E-state index in [2.05, 4.69) is 37.1 Å². The standard InChI is InChI=1S/C16H20N8/c1-10-5-8-23(9-6-10)15-17-7-4-13(19-15)14-11(2)24-16(21-20-14)18-12(3)22-24/h4,7,10H,5-6,8-9H2,1-3H3. The molecule has 1 aliphatic rings. The first kappa shape index (κ1) is 14.9. The minimum atomic E-state index is 0.507. The first-order chi connectivity index (χ1) is 11.6. The minimum absolute atomic E-state index is 0.507. The Morgan fingerprint density at radius 2 is 1.88 bits per heavy atom. The molecule has 1 aliphatic heterocycles.